The number of ether oxygens (including phenoxy) is 1. The first-order valence-electron chi connectivity index (χ1n) is 9.30. The van der Waals surface area contributed by atoms with Crippen LogP contribution in [0.1, 0.15) is 18.5 Å². The van der Waals surface area contributed by atoms with E-state index in [0.29, 0.717) is 4.90 Å². The molecule has 0 spiro atoms. The number of benzene rings is 2. The third-order valence-corrected chi connectivity index (χ3v) is 6.95. The van der Waals surface area contributed by atoms with Crippen molar-refractivity contribution < 1.29 is 13.2 Å². The summed E-state index contributed by atoms with van der Waals surface area (Å²) in [5.74, 6) is 1.55. The zero-order chi connectivity index (χ0) is 21.3. The molecule has 0 aliphatic heterocycles. The minimum Gasteiger partial charge on any atom is -0.497 e. The zero-order valence-corrected chi connectivity index (χ0v) is 18.4. The molecule has 0 saturated heterocycles. The van der Waals surface area contributed by atoms with Gasteiger partial charge in [0.15, 0.2) is 9.84 Å². The summed E-state index contributed by atoms with van der Waals surface area (Å²) in [5.41, 5.74) is 3.08. The van der Waals surface area contributed by atoms with Crippen molar-refractivity contribution in [2.24, 2.45) is 0 Å². The van der Waals surface area contributed by atoms with Crippen molar-refractivity contribution in [3.63, 3.8) is 0 Å². The molecule has 0 aliphatic rings. The molecular weight excluding hydrogens is 418 g/mol. The van der Waals surface area contributed by atoms with Gasteiger partial charge in [0.1, 0.15) is 22.7 Å². The predicted molar refractivity (Wildman–Crippen MR) is 121 cm³/mol. The van der Waals surface area contributed by atoms with Crippen molar-refractivity contribution in [2.45, 2.75) is 17.9 Å². The van der Waals surface area contributed by atoms with Crippen LogP contribution in [0.25, 0.3) is 21.3 Å². The Morgan fingerprint density at radius 2 is 1.73 bits per heavy atom. The molecule has 8 heteroatoms. The number of nitrogens with zero attached hydrogens (tertiary/aromatic N) is 2. The molecule has 2 heterocycles. The van der Waals surface area contributed by atoms with E-state index in [2.05, 4.69) is 20.7 Å². The predicted octanol–water partition coefficient (Wildman–Crippen LogP) is 4.94. The molecular formula is C22H21N3O3S2. The van der Waals surface area contributed by atoms with E-state index in [1.807, 2.05) is 43.3 Å². The fourth-order valence-electron chi connectivity index (χ4n) is 3.26. The summed E-state index contributed by atoms with van der Waals surface area (Å²) in [6.07, 6.45) is 2.76. The SMILES string of the molecule is COc1ccc(-c2csc3ncnc(N[C@H](C)c4ccc(S(C)(=O)=O)cc4)c23)cc1. The number of thiophene rings is 1. The lowest BCUT2D eigenvalue weighted by Gasteiger charge is -2.16. The second-order valence-electron chi connectivity index (χ2n) is 6.99. The van der Waals surface area contributed by atoms with Crippen LogP contribution in [-0.2, 0) is 9.84 Å². The first-order valence-corrected chi connectivity index (χ1v) is 12.1. The Morgan fingerprint density at radius 3 is 2.37 bits per heavy atom. The molecule has 2 aromatic carbocycles. The number of methoxy groups -OCH3 is 1. The quantitative estimate of drug-likeness (QED) is 0.458. The van der Waals surface area contributed by atoms with Gasteiger partial charge in [-0.2, -0.15) is 0 Å². The Labute approximate surface area is 179 Å². The monoisotopic (exact) mass is 439 g/mol. The van der Waals surface area contributed by atoms with E-state index < -0.39 is 9.84 Å². The minimum absolute atomic E-state index is 0.0691. The second-order valence-corrected chi connectivity index (χ2v) is 9.86. The number of nitrogens with one attached hydrogen (secondary N) is 1. The summed E-state index contributed by atoms with van der Waals surface area (Å²) in [6, 6.07) is 14.7. The molecule has 0 saturated carbocycles. The summed E-state index contributed by atoms with van der Waals surface area (Å²) >= 11 is 1.57. The topological polar surface area (TPSA) is 81.2 Å². The number of fused-ring (bicyclic) bond motifs is 1. The Balaban J connectivity index is 1.68. The van der Waals surface area contributed by atoms with Gasteiger partial charge in [0, 0.05) is 23.2 Å². The number of sulfone groups is 1. The number of hydrogen-bond donors (Lipinski definition) is 1. The third-order valence-electron chi connectivity index (χ3n) is 4.93. The standard InChI is InChI=1S/C22H21N3O3S2/c1-14(15-6-10-18(11-7-15)30(3,26)27)25-21-20-19(12-29-22(20)24-13-23-21)16-4-8-17(28-2)9-5-16/h4-14H,1-3H3,(H,23,24,25)/t14-/m1/s1. The van der Waals surface area contributed by atoms with Crippen molar-refractivity contribution in [1.82, 2.24) is 9.97 Å². The smallest absolute Gasteiger partial charge is 0.175 e. The van der Waals surface area contributed by atoms with Crippen LogP contribution >= 0.6 is 11.3 Å². The van der Waals surface area contributed by atoms with Gasteiger partial charge < -0.3 is 10.1 Å². The Bertz CT molecular complexity index is 1280. The third kappa shape index (κ3) is 4.01. The van der Waals surface area contributed by atoms with Crippen molar-refractivity contribution >= 4 is 37.2 Å². The van der Waals surface area contributed by atoms with Crippen LogP contribution in [0.3, 0.4) is 0 Å². The van der Waals surface area contributed by atoms with Gasteiger partial charge in [0.05, 0.1) is 17.4 Å². The summed E-state index contributed by atoms with van der Waals surface area (Å²) < 4.78 is 28.6. The van der Waals surface area contributed by atoms with Gasteiger partial charge in [-0.3, -0.25) is 0 Å². The molecule has 6 nitrogen and oxygen atoms in total. The van der Waals surface area contributed by atoms with Gasteiger partial charge in [0.2, 0.25) is 0 Å². The molecule has 0 fully saturated rings. The lowest BCUT2D eigenvalue weighted by Crippen LogP contribution is -2.09. The van der Waals surface area contributed by atoms with Crippen LogP contribution in [0.15, 0.2) is 65.1 Å². The van der Waals surface area contributed by atoms with Crippen molar-refractivity contribution in [2.75, 3.05) is 18.7 Å². The highest BCUT2D eigenvalue weighted by atomic mass is 32.2. The zero-order valence-electron chi connectivity index (χ0n) is 16.8. The molecule has 154 valence electrons. The average Bonchev–Trinajstić information content (AvgIpc) is 3.18. The van der Waals surface area contributed by atoms with E-state index in [1.165, 1.54) is 6.26 Å². The Kier molecular flexibility index (Phi) is 5.44. The molecule has 30 heavy (non-hydrogen) atoms. The van der Waals surface area contributed by atoms with Crippen LogP contribution in [0.2, 0.25) is 0 Å². The van der Waals surface area contributed by atoms with Crippen molar-refractivity contribution in [1.29, 1.82) is 0 Å². The molecule has 0 bridgehead atoms. The molecule has 4 aromatic rings. The van der Waals surface area contributed by atoms with Crippen LogP contribution in [0.5, 0.6) is 5.75 Å². The highest BCUT2D eigenvalue weighted by Gasteiger charge is 2.16. The fourth-order valence-corrected chi connectivity index (χ4v) is 4.81. The summed E-state index contributed by atoms with van der Waals surface area (Å²) in [6.45, 7) is 2.02. The van der Waals surface area contributed by atoms with Crippen LogP contribution in [0.4, 0.5) is 5.82 Å². The summed E-state index contributed by atoms with van der Waals surface area (Å²) in [4.78, 5) is 10.1. The summed E-state index contributed by atoms with van der Waals surface area (Å²) in [7, 11) is -1.57. The van der Waals surface area contributed by atoms with Gasteiger partial charge >= 0.3 is 0 Å². The molecule has 4 rings (SSSR count). The first kappa shape index (κ1) is 20.3. The highest BCUT2D eigenvalue weighted by Crippen LogP contribution is 2.38. The lowest BCUT2D eigenvalue weighted by atomic mass is 10.1. The van der Waals surface area contributed by atoms with Gasteiger partial charge in [-0.15, -0.1) is 11.3 Å². The van der Waals surface area contributed by atoms with Crippen LogP contribution in [0, 0.1) is 0 Å². The summed E-state index contributed by atoms with van der Waals surface area (Å²) in [5, 5.41) is 6.51. The van der Waals surface area contributed by atoms with E-state index in [0.717, 1.165) is 38.5 Å². The number of hydrogen-bond acceptors (Lipinski definition) is 7. The molecule has 2 aromatic heterocycles. The number of anilines is 1. The minimum atomic E-state index is -3.22. The van der Waals surface area contributed by atoms with Gasteiger partial charge in [-0.05, 0) is 42.3 Å². The fraction of sp³-hybridized carbons (Fsp3) is 0.182. The first-order chi connectivity index (χ1) is 14.4. The molecule has 0 amide bonds. The van der Waals surface area contributed by atoms with E-state index >= 15 is 0 Å². The second kappa shape index (κ2) is 8.04. The van der Waals surface area contributed by atoms with Gasteiger partial charge in [-0.1, -0.05) is 24.3 Å². The lowest BCUT2D eigenvalue weighted by molar-refractivity contribution is 0.415. The molecule has 0 aliphatic carbocycles. The van der Waals surface area contributed by atoms with E-state index in [1.54, 1.807) is 36.9 Å². The molecule has 1 atom stereocenters. The van der Waals surface area contributed by atoms with Crippen molar-refractivity contribution in [3.05, 3.63) is 65.8 Å². The maximum Gasteiger partial charge on any atom is 0.175 e. The van der Waals surface area contributed by atoms with E-state index in [4.69, 9.17) is 4.74 Å². The molecule has 1 N–H and O–H groups in total. The average molecular weight is 440 g/mol. The van der Waals surface area contributed by atoms with Crippen LogP contribution < -0.4 is 10.1 Å². The molecule has 0 radical (unpaired) electrons. The normalized spacial score (nSPS) is 12.6. The van der Waals surface area contributed by atoms with Gasteiger partial charge in [-0.25, -0.2) is 18.4 Å². The largest absolute Gasteiger partial charge is 0.497 e. The maximum absolute atomic E-state index is 11.7. The molecule has 0 unspecified atom stereocenters. The van der Waals surface area contributed by atoms with Crippen molar-refractivity contribution in [3.8, 4) is 16.9 Å². The Morgan fingerprint density at radius 1 is 1.03 bits per heavy atom. The van der Waals surface area contributed by atoms with Crippen LogP contribution in [-0.4, -0.2) is 31.8 Å². The number of aromatic nitrogens is 2. The number of rotatable bonds is 6. The van der Waals surface area contributed by atoms with E-state index in [9.17, 15) is 8.42 Å². The van der Waals surface area contributed by atoms with E-state index in [-0.39, 0.29) is 6.04 Å². The van der Waals surface area contributed by atoms with Gasteiger partial charge in [0.25, 0.3) is 0 Å². The maximum atomic E-state index is 11.7. The highest BCUT2D eigenvalue weighted by molar-refractivity contribution is 7.90. The Hall–Kier alpha value is -2.97.